The molecule has 1 aromatic heterocycles. The fourth-order valence-corrected chi connectivity index (χ4v) is 1.65. The van der Waals surface area contributed by atoms with Gasteiger partial charge in [0.1, 0.15) is 5.76 Å². The van der Waals surface area contributed by atoms with Gasteiger partial charge >= 0.3 is 0 Å². The number of anilines is 1. The maximum atomic E-state index is 11.5. The lowest BCUT2D eigenvalue weighted by Crippen LogP contribution is -2.09. The molecular formula is C11H14N2O2. The third kappa shape index (κ3) is 2.46. The van der Waals surface area contributed by atoms with E-state index in [0.29, 0.717) is 12.2 Å². The van der Waals surface area contributed by atoms with E-state index in [9.17, 15) is 4.79 Å². The number of aryl methyl sites for hydroxylation is 1. The van der Waals surface area contributed by atoms with Crippen molar-refractivity contribution in [3.05, 3.63) is 23.6 Å². The van der Waals surface area contributed by atoms with Gasteiger partial charge in [-0.15, -0.1) is 0 Å². The van der Waals surface area contributed by atoms with E-state index in [4.69, 9.17) is 4.52 Å². The Kier molecular flexibility index (Phi) is 2.85. The van der Waals surface area contributed by atoms with Crippen LogP contribution in [-0.2, 0) is 4.79 Å². The Morgan fingerprint density at radius 3 is 2.93 bits per heavy atom. The van der Waals surface area contributed by atoms with E-state index in [1.807, 2.05) is 6.92 Å². The SMILES string of the molecule is Cc1cc(NC=C2CCCCC2=O)no1. The number of rotatable bonds is 2. The maximum absolute atomic E-state index is 11.5. The number of hydrogen-bond acceptors (Lipinski definition) is 4. The number of carbonyl (C=O) groups excluding carboxylic acids is 1. The van der Waals surface area contributed by atoms with Crippen LogP contribution in [0.5, 0.6) is 0 Å². The number of ketones is 1. The number of nitrogens with one attached hydrogen (secondary N) is 1. The van der Waals surface area contributed by atoms with Crippen LogP contribution in [0.15, 0.2) is 22.4 Å². The van der Waals surface area contributed by atoms with Crippen molar-refractivity contribution in [3.8, 4) is 0 Å². The van der Waals surface area contributed by atoms with Gasteiger partial charge in [-0.25, -0.2) is 0 Å². The summed E-state index contributed by atoms with van der Waals surface area (Å²) in [5.74, 6) is 1.65. The van der Waals surface area contributed by atoms with Gasteiger partial charge in [-0.2, -0.15) is 0 Å². The van der Waals surface area contributed by atoms with Gasteiger partial charge in [0.2, 0.25) is 0 Å². The molecule has 0 aromatic carbocycles. The summed E-state index contributed by atoms with van der Waals surface area (Å²) in [6.45, 7) is 1.83. The standard InChI is InChI=1S/C11H14N2O2/c1-8-6-11(13-15-8)12-7-9-4-2-3-5-10(9)14/h6-7H,2-5H2,1H3,(H,12,13). The van der Waals surface area contributed by atoms with Gasteiger partial charge in [-0.1, -0.05) is 5.16 Å². The second-order valence-corrected chi connectivity index (χ2v) is 3.77. The first-order valence-corrected chi connectivity index (χ1v) is 5.18. The minimum absolute atomic E-state index is 0.244. The van der Waals surface area contributed by atoms with E-state index in [1.54, 1.807) is 12.3 Å². The molecule has 1 N–H and O–H groups in total. The molecule has 2 rings (SSSR count). The van der Waals surface area contributed by atoms with Crippen LogP contribution < -0.4 is 5.32 Å². The van der Waals surface area contributed by atoms with Crippen molar-refractivity contribution < 1.29 is 9.32 Å². The molecule has 80 valence electrons. The summed E-state index contributed by atoms with van der Waals surface area (Å²) in [6.07, 6.45) is 5.39. The van der Waals surface area contributed by atoms with E-state index < -0.39 is 0 Å². The Labute approximate surface area is 88.3 Å². The van der Waals surface area contributed by atoms with Crippen LogP contribution in [0.4, 0.5) is 5.82 Å². The van der Waals surface area contributed by atoms with Crippen LogP contribution in [0.1, 0.15) is 31.4 Å². The third-order valence-corrected chi connectivity index (χ3v) is 2.48. The lowest BCUT2D eigenvalue weighted by Gasteiger charge is -2.11. The topological polar surface area (TPSA) is 55.1 Å². The van der Waals surface area contributed by atoms with Crippen molar-refractivity contribution >= 4 is 11.6 Å². The van der Waals surface area contributed by atoms with Crippen molar-refractivity contribution in [1.29, 1.82) is 0 Å². The monoisotopic (exact) mass is 206 g/mol. The Hall–Kier alpha value is -1.58. The van der Waals surface area contributed by atoms with Crippen molar-refractivity contribution in [2.75, 3.05) is 5.32 Å². The highest BCUT2D eigenvalue weighted by molar-refractivity contribution is 5.96. The molecule has 0 radical (unpaired) electrons. The van der Waals surface area contributed by atoms with Crippen LogP contribution in [0.3, 0.4) is 0 Å². The number of aromatic nitrogens is 1. The predicted molar refractivity (Wildman–Crippen MR) is 56.4 cm³/mol. The normalized spacial score (nSPS) is 19.5. The molecule has 1 aromatic rings. The van der Waals surface area contributed by atoms with Gasteiger partial charge in [-0.05, 0) is 26.2 Å². The molecule has 1 saturated carbocycles. The summed E-state index contributed by atoms with van der Waals surface area (Å²) in [7, 11) is 0. The van der Waals surface area contributed by atoms with Crippen molar-refractivity contribution in [1.82, 2.24) is 5.16 Å². The van der Waals surface area contributed by atoms with Gasteiger partial charge in [-0.3, -0.25) is 4.79 Å². The Balaban J connectivity index is 2.01. The fourth-order valence-electron chi connectivity index (χ4n) is 1.65. The van der Waals surface area contributed by atoms with Crippen LogP contribution >= 0.6 is 0 Å². The van der Waals surface area contributed by atoms with Gasteiger partial charge < -0.3 is 9.84 Å². The molecule has 0 aliphatic heterocycles. The molecule has 1 aliphatic rings. The van der Waals surface area contributed by atoms with Crippen molar-refractivity contribution in [3.63, 3.8) is 0 Å². The van der Waals surface area contributed by atoms with E-state index in [1.165, 1.54) is 0 Å². The van der Waals surface area contributed by atoms with E-state index in [0.717, 1.165) is 30.6 Å². The van der Waals surface area contributed by atoms with Gasteiger partial charge in [0.05, 0.1) is 0 Å². The Bertz CT molecular complexity index is 393. The molecule has 1 aliphatic carbocycles. The molecule has 4 heteroatoms. The lowest BCUT2D eigenvalue weighted by molar-refractivity contribution is -0.116. The quantitative estimate of drug-likeness (QED) is 0.755. The first kappa shape index (κ1) is 9.96. The minimum Gasteiger partial charge on any atom is -0.360 e. The maximum Gasteiger partial charge on any atom is 0.173 e. The number of allylic oxidation sites excluding steroid dienone is 1. The highest BCUT2D eigenvalue weighted by Crippen LogP contribution is 2.19. The summed E-state index contributed by atoms with van der Waals surface area (Å²) in [5.41, 5.74) is 0.863. The lowest BCUT2D eigenvalue weighted by atomic mass is 9.94. The highest BCUT2D eigenvalue weighted by Gasteiger charge is 2.14. The molecule has 0 bridgehead atoms. The Morgan fingerprint density at radius 1 is 1.47 bits per heavy atom. The van der Waals surface area contributed by atoms with Gasteiger partial charge in [0, 0.05) is 24.3 Å². The zero-order valence-corrected chi connectivity index (χ0v) is 8.75. The predicted octanol–water partition coefficient (Wildman–Crippen LogP) is 2.42. The van der Waals surface area contributed by atoms with Crippen LogP contribution in [0, 0.1) is 6.92 Å². The molecule has 0 atom stereocenters. The average Bonchev–Trinajstić information content (AvgIpc) is 2.63. The molecule has 0 spiro atoms. The molecular weight excluding hydrogens is 192 g/mol. The summed E-state index contributed by atoms with van der Waals surface area (Å²) < 4.78 is 4.90. The Morgan fingerprint density at radius 2 is 2.27 bits per heavy atom. The molecule has 0 saturated heterocycles. The van der Waals surface area contributed by atoms with E-state index in [-0.39, 0.29) is 5.78 Å². The zero-order valence-electron chi connectivity index (χ0n) is 8.75. The summed E-state index contributed by atoms with van der Waals surface area (Å²) in [5, 5.41) is 6.76. The fraction of sp³-hybridized carbons (Fsp3) is 0.455. The van der Waals surface area contributed by atoms with Crippen molar-refractivity contribution in [2.45, 2.75) is 32.6 Å². The molecule has 15 heavy (non-hydrogen) atoms. The highest BCUT2D eigenvalue weighted by atomic mass is 16.5. The number of hydrogen-bond donors (Lipinski definition) is 1. The molecule has 1 fully saturated rings. The second-order valence-electron chi connectivity index (χ2n) is 3.77. The smallest absolute Gasteiger partial charge is 0.173 e. The largest absolute Gasteiger partial charge is 0.360 e. The van der Waals surface area contributed by atoms with Crippen LogP contribution in [-0.4, -0.2) is 10.9 Å². The minimum atomic E-state index is 0.244. The molecule has 1 heterocycles. The summed E-state index contributed by atoms with van der Waals surface area (Å²) >= 11 is 0. The van der Waals surface area contributed by atoms with Crippen LogP contribution in [0.2, 0.25) is 0 Å². The van der Waals surface area contributed by atoms with E-state index in [2.05, 4.69) is 10.5 Å². The second kappa shape index (κ2) is 4.29. The summed E-state index contributed by atoms with van der Waals surface area (Å²) in [4.78, 5) is 11.5. The molecule has 4 nitrogen and oxygen atoms in total. The number of carbonyl (C=O) groups is 1. The molecule has 0 unspecified atom stereocenters. The van der Waals surface area contributed by atoms with Crippen LogP contribution in [0.25, 0.3) is 0 Å². The summed E-state index contributed by atoms with van der Waals surface area (Å²) in [6, 6.07) is 1.80. The first-order chi connectivity index (χ1) is 7.25. The number of Topliss-reactive ketones (excluding diaryl/α,β-unsaturated/α-hetero) is 1. The third-order valence-electron chi connectivity index (χ3n) is 2.48. The molecule has 0 amide bonds. The van der Waals surface area contributed by atoms with Crippen molar-refractivity contribution in [2.24, 2.45) is 0 Å². The zero-order chi connectivity index (χ0) is 10.7. The van der Waals surface area contributed by atoms with Gasteiger partial charge in [0.25, 0.3) is 0 Å². The first-order valence-electron chi connectivity index (χ1n) is 5.18. The average molecular weight is 206 g/mol. The van der Waals surface area contributed by atoms with Gasteiger partial charge in [0.15, 0.2) is 11.6 Å². The van der Waals surface area contributed by atoms with E-state index >= 15 is 0 Å². The number of nitrogens with zero attached hydrogens (tertiary/aromatic N) is 1.